The standard InChI is InChI=1S/C20H21FN4O/c1-20(8-4-11-25(14-20)19-22-9-5-10-23-19)18-24-13-16(26-18)12-15-6-2-3-7-17(15)21/h2-3,5-7,9-10,13H,4,8,11-12,14H2,1H3. The van der Waals surface area contributed by atoms with Crippen molar-refractivity contribution in [2.75, 3.05) is 18.0 Å². The first-order valence-corrected chi connectivity index (χ1v) is 8.85. The molecule has 134 valence electrons. The third kappa shape index (κ3) is 3.31. The Morgan fingerprint density at radius 2 is 1.96 bits per heavy atom. The number of piperidine rings is 1. The molecule has 1 aliphatic heterocycles. The van der Waals surface area contributed by atoms with Gasteiger partial charge < -0.3 is 9.32 Å². The molecule has 0 aliphatic carbocycles. The molecule has 3 aromatic rings. The van der Waals surface area contributed by atoms with Crippen LogP contribution >= 0.6 is 0 Å². The minimum atomic E-state index is -0.221. The Bertz CT molecular complexity index is 882. The van der Waals surface area contributed by atoms with Crippen LogP contribution in [0.1, 0.15) is 37.0 Å². The lowest BCUT2D eigenvalue weighted by Crippen LogP contribution is -2.45. The Balaban J connectivity index is 1.53. The molecular weight excluding hydrogens is 331 g/mol. The Morgan fingerprint density at radius 3 is 2.77 bits per heavy atom. The summed E-state index contributed by atoms with van der Waals surface area (Å²) in [5, 5.41) is 0. The van der Waals surface area contributed by atoms with Gasteiger partial charge in [0.15, 0.2) is 0 Å². The summed E-state index contributed by atoms with van der Waals surface area (Å²) in [6.45, 7) is 3.82. The maximum absolute atomic E-state index is 13.9. The van der Waals surface area contributed by atoms with E-state index in [1.807, 2.05) is 12.1 Å². The second kappa shape index (κ2) is 6.86. The van der Waals surface area contributed by atoms with E-state index in [9.17, 15) is 4.39 Å². The summed E-state index contributed by atoms with van der Waals surface area (Å²) in [4.78, 5) is 15.4. The minimum Gasteiger partial charge on any atom is -0.445 e. The van der Waals surface area contributed by atoms with E-state index in [4.69, 9.17) is 4.42 Å². The van der Waals surface area contributed by atoms with E-state index in [-0.39, 0.29) is 11.2 Å². The number of anilines is 1. The van der Waals surface area contributed by atoms with Crippen LogP contribution in [0.25, 0.3) is 0 Å². The molecule has 1 aromatic carbocycles. The van der Waals surface area contributed by atoms with Crippen LogP contribution in [-0.4, -0.2) is 28.0 Å². The summed E-state index contributed by atoms with van der Waals surface area (Å²) >= 11 is 0. The molecule has 1 unspecified atom stereocenters. The van der Waals surface area contributed by atoms with Gasteiger partial charge in [0.05, 0.1) is 11.6 Å². The fourth-order valence-corrected chi connectivity index (χ4v) is 3.54. The second-order valence-corrected chi connectivity index (χ2v) is 7.03. The molecule has 0 spiro atoms. The van der Waals surface area contributed by atoms with Gasteiger partial charge in [-0.2, -0.15) is 0 Å². The van der Waals surface area contributed by atoms with Gasteiger partial charge in [-0.25, -0.2) is 19.3 Å². The monoisotopic (exact) mass is 352 g/mol. The molecule has 0 bridgehead atoms. The number of rotatable bonds is 4. The summed E-state index contributed by atoms with van der Waals surface area (Å²) in [5.74, 6) is 1.89. The molecule has 0 amide bonds. The number of halogens is 1. The average molecular weight is 352 g/mol. The highest BCUT2D eigenvalue weighted by Gasteiger charge is 2.37. The molecule has 6 heteroatoms. The third-order valence-electron chi connectivity index (χ3n) is 4.92. The third-order valence-corrected chi connectivity index (χ3v) is 4.92. The minimum absolute atomic E-state index is 0.217. The van der Waals surface area contributed by atoms with Gasteiger partial charge in [-0.05, 0) is 37.5 Å². The molecule has 4 rings (SSSR count). The highest BCUT2D eigenvalue weighted by molar-refractivity contribution is 5.32. The normalized spacial score (nSPS) is 20.3. The number of hydrogen-bond donors (Lipinski definition) is 0. The van der Waals surface area contributed by atoms with Crippen LogP contribution in [0.5, 0.6) is 0 Å². The molecule has 0 saturated carbocycles. The molecule has 2 aromatic heterocycles. The van der Waals surface area contributed by atoms with E-state index in [2.05, 4.69) is 26.8 Å². The molecular formula is C20H21FN4O. The predicted molar refractivity (Wildman–Crippen MR) is 96.5 cm³/mol. The second-order valence-electron chi connectivity index (χ2n) is 7.03. The molecule has 1 saturated heterocycles. The van der Waals surface area contributed by atoms with Crippen molar-refractivity contribution in [2.24, 2.45) is 0 Å². The van der Waals surface area contributed by atoms with Crippen LogP contribution in [0.15, 0.2) is 53.3 Å². The summed E-state index contributed by atoms with van der Waals surface area (Å²) in [6.07, 6.45) is 7.62. The molecule has 1 aliphatic rings. The Hall–Kier alpha value is -2.76. The van der Waals surface area contributed by atoms with E-state index in [1.54, 1.807) is 30.7 Å². The van der Waals surface area contributed by atoms with Gasteiger partial charge in [0.2, 0.25) is 11.8 Å². The lowest BCUT2D eigenvalue weighted by atomic mass is 9.82. The van der Waals surface area contributed by atoms with Crippen LogP contribution in [0.3, 0.4) is 0 Å². The van der Waals surface area contributed by atoms with Gasteiger partial charge >= 0.3 is 0 Å². The fraction of sp³-hybridized carbons (Fsp3) is 0.350. The van der Waals surface area contributed by atoms with Gasteiger partial charge in [0, 0.05) is 31.9 Å². The molecule has 3 heterocycles. The van der Waals surface area contributed by atoms with Gasteiger partial charge in [0.1, 0.15) is 11.6 Å². The van der Waals surface area contributed by atoms with Crippen molar-refractivity contribution in [1.82, 2.24) is 15.0 Å². The zero-order chi connectivity index (χ0) is 18.0. The molecule has 0 radical (unpaired) electrons. The number of aromatic nitrogens is 3. The summed E-state index contributed by atoms with van der Waals surface area (Å²) < 4.78 is 19.9. The average Bonchev–Trinajstić information content (AvgIpc) is 3.14. The maximum Gasteiger partial charge on any atom is 0.225 e. The SMILES string of the molecule is CC1(c2ncc(Cc3ccccc3F)o2)CCCN(c2ncccn2)C1. The highest BCUT2D eigenvalue weighted by atomic mass is 19.1. The number of nitrogens with zero attached hydrogens (tertiary/aromatic N) is 4. The maximum atomic E-state index is 13.9. The van der Waals surface area contributed by atoms with Crippen LogP contribution in [0, 0.1) is 5.82 Å². The summed E-state index contributed by atoms with van der Waals surface area (Å²) in [5.41, 5.74) is 0.397. The summed E-state index contributed by atoms with van der Waals surface area (Å²) in [7, 11) is 0. The lowest BCUT2D eigenvalue weighted by Gasteiger charge is -2.38. The van der Waals surface area contributed by atoms with Crippen LogP contribution in [-0.2, 0) is 11.8 Å². The zero-order valence-corrected chi connectivity index (χ0v) is 14.7. The van der Waals surface area contributed by atoms with E-state index >= 15 is 0 Å². The van der Waals surface area contributed by atoms with Crippen molar-refractivity contribution in [3.8, 4) is 0 Å². The van der Waals surface area contributed by atoms with Gasteiger partial charge in [0.25, 0.3) is 0 Å². The van der Waals surface area contributed by atoms with E-state index in [0.717, 1.165) is 31.9 Å². The van der Waals surface area contributed by atoms with Crippen molar-refractivity contribution in [3.63, 3.8) is 0 Å². The van der Waals surface area contributed by atoms with E-state index in [1.165, 1.54) is 6.07 Å². The molecule has 1 atom stereocenters. The van der Waals surface area contributed by atoms with Gasteiger partial charge in [-0.1, -0.05) is 18.2 Å². The Kier molecular flexibility index (Phi) is 4.41. The van der Waals surface area contributed by atoms with Crippen LogP contribution in [0.2, 0.25) is 0 Å². The van der Waals surface area contributed by atoms with E-state index in [0.29, 0.717) is 23.6 Å². The van der Waals surface area contributed by atoms with Crippen molar-refractivity contribution >= 4 is 5.95 Å². The molecule has 5 nitrogen and oxygen atoms in total. The fourth-order valence-electron chi connectivity index (χ4n) is 3.54. The molecule has 1 fully saturated rings. The number of hydrogen-bond acceptors (Lipinski definition) is 5. The first-order chi connectivity index (χ1) is 12.6. The summed E-state index contributed by atoms with van der Waals surface area (Å²) in [6, 6.07) is 8.57. The van der Waals surface area contributed by atoms with Crippen molar-refractivity contribution < 1.29 is 8.81 Å². The lowest BCUT2D eigenvalue weighted by molar-refractivity contribution is 0.286. The van der Waals surface area contributed by atoms with Crippen LogP contribution < -0.4 is 4.90 Å². The molecule has 26 heavy (non-hydrogen) atoms. The zero-order valence-electron chi connectivity index (χ0n) is 14.7. The molecule has 0 N–H and O–H groups in total. The van der Waals surface area contributed by atoms with Crippen molar-refractivity contribution in [2.45, 2.75) is 31.6 Å². The van der Waals surface area contributed by atoms with Crippen molar-refractivity contribution in [1.29, 1.82) is 0 Å². The predicted octanol–water partition coefficient (Wildman–Crippen LogP) is 3.75. The Morgan fingerprint density at radius 1 is 1.15 bits per heavy atom. The smallest absolute Gasteiger partial charge is 0.225 e. The largest absolute Gasteiger partial charge is 0.445 e. The topological polar surface area (TPSA) is 55.1 Å². The van der Waals surface area contributed by atoms with E-state index < -0.39 is 0 Å². The van der Waals surface area contributed by atoms with Gasteiger partial charge in [-0.15, -0.1) is 0 Å². The van der Waals surface area contributed by atoms with Gasteiger partial charge in [-0.3, -0.25) is 0 Å². The Labute approximate surface area is 151 Å². The highest BCUT2D eigenvalue weighted by Crippen LogP contribution is 2.34. The first-order valence-electron chi connectivity index (χ1n) is 8.85. The first kappa shape index (κ1) is 16.7. The number of benzene rings is 1. The number of oxazole rings is 1. The van der Waals surface area contributed by atoms with Crippen LogP contribution in [0.4, 0.5) is 10.3 Å². The quantitative estimate of drug-likeness (QED) is 0.716. The van der Waals surface area contributed by atoms with Crippen molar-refractivity contribution in [3.05, 3.63) is 72.0 Å².